The van der Waals surface area contributed by atoms with Crippen LogP contribution in [0.15, 0.2) is 281 Å². The number of allylic oxidation sites excluding steroid dienone is 5. The van der Waals surface area contributed by atoms with Gasteiger partial charge < -0.3 is 13.7 Å². The molecular formula is C79H72N6. The van der Waals surface area contributed by atoms with Crippen LogP contribution in [0.5, 0.6) is 0 Å². The van der Waals surface area contributed by atoms with E-state index in [9.17, 15) is 0 Å². The first-order valence-electron chi connectivity index (χ1n) is 29.2. The first-order chi connectivity index (χ1) is 41.6. The molecule has 85 heavy (non-hydrogen) atoms. The van der Waals surface area contributed by atoms with E-state index in [1.807, 2.05) is 86.7 Å². The molecule has 0 aliphatic carbocycles. The average molecular weight is 1110 g/mol. The molecule has 10 aromatic carbocycles. The highest BCUT2D eigenvalue weighted by Crippen LogP contribution is 2.40. The molecule has 0 atom stereocenters. The van der Waals surface area contributed by atoms with E-state index in [0.29, 0.717) is 17.5 Å². The molecule has 0 unspecified atom stereocenters. The molecule has 418 valence electrons. The second-order valence-corrected chi connectivity index (χ2v) is 21.0. The first-order valence-corrected chi connectivity index (χ1v) is 29.2. The zero-order valence-electron chi connectivity index (χ0n) is 49.8. The van der Waals surface area contributed by atoms with Crippen LogP contribution < -0.4 is 0 Å². The molecule has 14 rings (SSSR count). The van der Waals surface area contributed by atoms with Gasteiger partial charge in [0.25, 0.3) is 0 Å². The quantitative estimate of drug-likeness (QED) is 0.113. The molecule has 14 aromatic rings. The molecule has 0 radical (unpaired) electrons. The third-order valence-corrected chi connectivity index (χ3v) is 14.8. The Balaban J connectivity index is 0.000000228. The number of para-hydroxylation sites is 3. The second-order valence-electron chi connectivity index (χ2n) is 21.0. The van der Waals surface area contributed by atoms with Gasteiger partial charge in [0.15, 0.2) is 17.5 Å². The lowest BCUT2D eigenvalue weighted by atomic mass is 10.0. The Labute approximate surface area is 500 Å². The summed E-state index contributed by atoms with van der Waals surface area (Å²) in [6.45, 7) is 25.5. The lowest BCUT2D eigenvalue weighted by Crippen LogP contribution is -2.00. The van der Waals surface area contributed by atoms with Crippen LogP contribution in [0.4, 0.5) is 0 Å². The van der Waals surface area contributed by atoms with Crippen molar-refractivity contribution in [3.63, 3.8) is 0 Å². The minimum Gasteiger partial charge on any atom is -0.317 e. The van der Waals surface area contributed by atoms with Crippen molar-refractivity contribution in [3.05, 3.63) is 292 Å². The Hall–Kier alpha value is -10.4. The van der Waals surface area contributed by atoms with Gasteiger partial charge in [0.1, 0.15) is 0 Å². The van der Waals surface area contributed by atoms with Crippen LogP contribution in [-0.4, -0.2) is 28.7 Å². The molecule has 4 heterocycles. The summed E-state index contributed by atoms with van der Waals surface area (Å²) >= 11 is 0. The number of nitrogens with zero attached hydrogens (tertiary/aromatic N) is 6. The van der Waals surface area contributed by atoms with Gasteiger partial charge in [-0.1, -0.05) is 228 Å². The van der Waals surface area contributed by atoms with Gasteiger partial charge in [-0.15, -0.1) is 6.58 Å². The van der Waals surface area contributed by atoms with E-state index in [0.717, 1.165) is 50.4 Å². The summed E-state index contributed by atoms with van der Waals surface area (Å²) in [5.41, 5.74) is 17.2. The molecule has 0 bridgehead atoms. The predicted octanol–water partition coefficient (Wildman–Crippen LogP) is 22.0. The van der Waals surface area contributed by atoms with Crippen molar-refractivity contribution in [3.8, 4) is 56.7 Å². The minimum absolute atomic E-state index is 0.638. The lowest BCUT2D eigenvalue weighted by Gasteiger charge is -2.12. The molecular weight excluding hydrogens is 1030 g/mol. The molecule has 0 N–H and O–H groups in total. The molecule has 0 aliphatic heterocycles. The SMILES string of the molecule is C=C(C)n1c2ccccc2c2ccc(C)c(C)c21.C=C/C=C\C.C=CC.CCC.c1ccc(-c2nc(-c3ccccc3)nc(-c3cccc(-c4cccc(-n5ccc6cc7c(ccc8c9ccccc9n(-c9ccccc9)c78)cc65)c4)c3)n2)cc1. The first kappa shape index (κ1) is 57.8. The highest BCUT2D eigenvalue weighted by atomic mass is 15.0. The van der Waals surface area contributed by atoms with E-state index in [4.69, 9.17) is 15.0 Å². The van der Waals surface area contributed by atoms with Crippen molar-refractivity contribution in [2.45, 2.75) is 54.9 Å². The Morgan fingerprint density at radius 3 is 1.54 bits per heavy atom. The van der Waals surface area contributed by atoms with Crippen LogP contribution in [0, 0.1) is 13.8 Å². The fourth-order valence-electron chi connectivity index (χ4n) is 11.0. The smallest absolute Gasteiger partial charge is 0.164 e. The second kappa shape index (κ2) is 26.7. The van der Waals surface area contributed by atoms with E-state index in [1.54, 1.807) is 12.2 Å². The number of aryl methyl sites for hydroxylation is 2. The van der Waals surface area contributed by atoms with E-state index >= 15 is 0 Å². The molecule has 0 amide bonds. The standard InChI is InChI=1S/C51H33N5.C17H17N.C5H8.C3H8.C3H6/c1-4-14-34(15-5-1)49-52-50(35-16-6-2-7-17-35)54-51(53-49)40-20-12-18-36(30-40)37-19-13-23-42(31-37)55-29-28-39-32-45-38(33-47(39)55)26-27-44-43-24-10-11-25-46(43)56(48(44)45)41-21-8-3-9-22-41;1-11(2)18-16-8-6-5-7-14(16)15-10-9-12(3)13(4)17(15)18;1-3-5-4-2;2*1-3-2/h1-33H;5-10H,1H2,2-4H3;3-5H,1H2,2H3;3H2,1-2H3;3H,1H2,2H3/b;;5-4-;;. The highest BCUT2D eigenvalue weighted by molar-refractivity contribution is 6.20. The maximum Gasteiger partial charge on any atom is 0.164 e. The van der Waals surface area contributed by atoms with E-state index in [-0.39, 0.29) is 0 Å². The zero-order valence-corrected chi connectivity index (χ0v) is 49.8. The van der Waals surface area contributed by atoms with Crippen LogP contribution >= 0.6 is 0 Å². The number of hydrogen-bond acceptors (Lipinski definition) is 3. The van der Waals surface area contributed by atoms with Crippen LogP contribution in [0.2, 0.25) is 0 Å². The zero-order chi connectivity index (χ0) is 59.4. The summed E-state index contributed by atoms with van der Waals surface area (Å²) in [6.07, 6.45) is 10.8. The fraction of sp³-hybridized carbons (Fsp3) is 0.101. The Kier molecular flexibility index (Phi) is 18.1. The topological polar surface area (TPSA) is 53.5 Å². The molecule has 6 heteroatoms. The number of fused-ring (bicyclic) bond motifs is 9. The van der Waals surface area contributed by atoms with Gasteiger partial charge in [0, 0.05) is 72.3 Å². The monoisotopic (exact) mass is 1100 g/mol. The Morgan fingerprint density at radius 1 is 0.447 bits per heavy atom. The predicted molar refractivity (Wildman–Crippen MR) is 367 cm³/mol. The Bertz CT molecular complexity index is 4630. The van der Waals surface area contributed by atoms with Crippen LogP contribution in [0.1, 0.15) is 52.2 Å². The van der Waals surface area contributed by atoms with Crippen molar-refractivity contribution >= 4 is 71.0 Å². The number of hydrogen-bond donors (Lipinski definition) is 0. The van der Waals surface area contributed by atoms with E-state index in [1.165, 1.54) is 77.3 Å². The number of rotatable bonds is 8. The van der Waals surface area contributed by atoms with Crippen molar-refractivity contribution < 1.29 is 0 Å². The van der Waals surface area contributed by atoms with Gasteiger partial charge in [-0.3, -0.25) is 0 Å². The van der Waals surface area contributed by atoms with Gasteiger partial charge in [-0.2, -0.15) is 0 Å². The summed E-state index contributed by atoms with van der Waals surface area (Å²) in [4.78, 5) is 14.8. The molecule has 0 saturated heterocycles. The van der Waals surface area contributed by atoms with E-state index in [2.05, 4.69) is 244 Å². The van der Waals surface area contributed by atoms with Gasteiger partial charge >= 0.3 is 0 Å². The fourth-order valence-corrected chi connectivity index (χ4v) is 11.0. The van der Waals surface area contributed by atoms with Crippen molar-refractivity contribution in [2.75, 3.05) is 0 Å². The minimum atomic E-state index is 0.638. The van der Waals surface area contributed by atoms with E-state index < -0.39 is 0 Å². The third kappa shape index (κ3) is 12.1. The normalized spacial score (nSPS) is 10.9. The lowest BCUT2D eigenvalue weighted by molar-refractivity contribution is 1.07. The van der Waals surface area contributed by atoms with Crippen LogP contribution in [-0.2, 0) is 0 Å². The van der Waals surface area contributed by atoms with Crippen LogP contribution in [0.3, 0.4) is 0 Å². The molecule has 0 fully saturated rings. The van der Waals surface area contributed by atoms with Crippen molar-refractivity contribution in [1.29, 1.82) is 0 Å². The maximum atomic E-state index is 4.98. The molecule has 0 saturated carbocycles. The van der Waals surface area contributed by atoms with Gasteiger partial charge in [-0.25, -0.2) is 15.0 Å². The summed E-state index contributed by atoms with van der Waals surface area (Å²) < 4.78 is 6.98. The third-order valence-electron chi connectivity index (χ3n) is 14.8. The summed E-state index contributed by atoms with van der Waals surface area (Å²) in [7, 11) is 0. The molecule has 6 nitrogen and oxygen atoms in total. The molecule has 4 aromatic heterocycles. The number of aromatic nitrogens is 6. The summed E-state index contributed by atoms with van der Waals surface area (Å²) in [6, 6.07) is 81.2. The Morgan fingerprint density at radius 2 is 0.941 bits per heavy atom. The van der Waals surface area contributed by atoms with Gasteiger partial charge in [-0.05, 0) is 123 Å². The van der Waals surface area contributed by atoms with Crippen molar-refractivity contribution in [1.82, 2.24) is 28.7 Å². The summed E-state index contributed by atoms with van der Waals surface area (Å²) in [5.74, 6) is 1.94. The average Bonchev–Trinajstić information content (AvgIpc) is 3.96. The molecule has 0 aliphatic rings. The van der Waals surface area contributed by atoms with Crippen molar-refractivity contribution in [2.24, 2.45) is 0 Å². The number of benzene rings is 10. The summed E-state index contributed by atoms with van der Waals surface area (Å²) in [5, 5.41) is 8.78. The van der Waals surface area contributed by atoms with Gasteiger partial charge in [0.05, 0.1) is 27.6 Å². The van der Waals surface area contributed by atoms with Gasteiger partial charge in [0.2, 0.25) is 0 Å². The maximum absolute atomic E-state index is 4.98. The van der Waals surface area contributed by atoms with Crippen LogP contribution in [0.25, 0.3) is 128 Å². The highest BCUT2D eigenvalue weighted by Gasteiger charge is 2.18. The molecule has 0 spiro atoms. The largest absolute Gasteiger partial charge is 0.317 e.